The van der Waals surface area contributed by atoms with Crippen LogP contribution in [0.3, 0.4) is 0 Å². The van der Waals surface area contributed by atoms with Crippen molar-refractivity contribution in [2.45, 2.75) is 71.1 Å². The Bertz CT molecular complexity index is 2050. The Morgan fingerprint density at radius 2 is 1.37 bits per heavy atom. The molecule has 1 nitrogen and oxygen atoms in total. The second kappa shape index (κ2) is 9.07. The van der Waals surface area contributed by atoms with Crippen LogP contribution in [0.4, 0.5) is 0 Å². The standard InChI is InChI=1S/C39H40NS/c1-23-29-18-25-11-9-10-12-26(25)19-31(29)32(22-39(5,6)7)37-34(23)36-35-28(15-16-40(36)8)30-17-24(21-38(2,3)4)13-14-27(30)20-33(35)41-37/h9-20H,21-22H2,1-8H3/q+1. The van der Waals surface area contributed by atoms with E-state index < -0.39 is 0 Å². The molecule has 0 saturated heterocycles. The van der Waals surface area contributed by atoms with E-state index >= 15 is 0 Å². The lowest BCUT2D eigenvalue weighted by molar-refractivity contribution is -0.659. The number of hydrogen-bond donors (Lipinski definition) is 0. The van der Waals surface area contributed by atoms with E-state index in [-0.39, 0.29) is 10.8 Å². The summed E-state index contributed by atoms with van der Waals surface area (Å²) >= 11 is 2.00. The van der Waals surface area contributed by atoms with Gasteiger partial charge in [-0.15, -0.1) is 0 Å². The SMILES string of the molecule is Cc1c2c(c(CC(C)(C)C)c3cc4ccccc4cc13)Sc1cc3ccc(CC(C)(C)C)cc3c3cc[n+](C)c-2c13. The molecule has 0 unspecified atom stereocenters. The number of benzene rings is 5. The molecule has 206 valence electrons. The summed E-state index contributed by atoms with van der Waals surface area (Å²) in [6, 6.07) is 25.7. The van der Waals surface area contributed by atoms with E-state index in [1.807, 2.05) is 11.8 Å². The second-order valence-corrected chi connectivity index (χ2v) is 15.7. The smallest absolute Gasteiger partial charge is 0.200 e. The molecular formula is C39H40NS+. The Hall–Kier alpha value is -3.36. The summed E-state index contributed by atoms with van der Waals surface area (Å²) in [5.41, 5.74) is 7.50. The summed E-state index contributed by atoms with van der Waals surface area (Å²) in [5.74, 6) is 0. The van der Waals surface area contributed by atoms with Gasteiger partial charge in [-0.05, 0) is 97.8 Å². The van der Waals surface area contributed by atoms with Gasteiger partial charge in [-0.25, -0.2) is 4.57 Å². The molecule has 41 heavy (non-hydrogen) atoms. The van der Waals surface area contributed by atoms with Crippen molar-refractivity contribution < 1.29 is 4.57 Å². The topological polar surface area (TPSA) is 3.88 Å². The van der Waals surface area contributed by atoms with Gasteiger partial charge in [0.05, 0.1) is 10.9 Å². The summed E-state index contributed by atoms with van der Waals surface area (Å²) in [6.45, 7) is 16.4. The number of rotatable bonds is 2. The van der Waals surface area contributed by atoms with Crippen molar-refractivity contribution in [3.05, 3.63) is 89.6 Å². The first-order valence-electron chi connectivity index (χ1n) is 14.9. The highest BCUT2D eigenvalue weighted by molar-refractivity contribution is 8.00. The van der Waals surface area contributed by atoms with Crippen molar-refractivity contribution in [2.75, 3.05) is 0 Å². The molecule has 1 aliphatic heterocycles. The zero-order valence-corrected chi connectivity index (χ0v) is 26.5. The summed E-state index contributed by atoms with van der Waals surface area (Å²) < 4.78 is 2.37. The normalized spacial score (nSPS) is 13.5. The van der Waals surface area contributed by atoms with Gasteiger partial charge in [-0.1, -0.05) is 95.8 Å². The van der Waals surface area contributed by atoms with E-state index in [1.54, 1.807) is 0 Å². The predicted octanol–water partition coefficient (Wildman–Crippen LogP) is 10.7. The van der Waals surface area contributed by atoms with Gasteiger partial charge in [0.25, 0.3) is 0 Å². The summed E-state index contributed by atoms with van der Waals surface area (Å²) in [5, 5.41) is 10.9. The van der Waals surface area contributed by atoms with Gasteiger partial charge in [0.15, 0.2) is 6.20 Å². The number of hydrogen-bond acceptors (Lipinski definition) is 1. The van der Waals surface area contributed by atoms with Crippen LogP contribution in [0, 0.1) is 17.8 Å². The van der Waals surface area contributed by atoms with E-state index in [2.05, 4.69) is 133 Å². The maximum atomic E-state index is 2.45. The minimum Gasteiger partial charge on any atom is -0.200 e. The van der Waals surface area contributed by atoms with Crippen LogP contribution in [0.25, 0.3) is 54.3 Å². The first-order chi connectivity index (χ1) is 19.4. The molecule has 0 bridgehead atoms. The van der Waals surface area contributed by atoms with Gasteiger partial charge in [-0.3, -0.25) is 0 Å². The maximum Gasteiger partial charge on any atom is 0.222 e. The second-order valence-electron chi connectivity index (χ2n) is 14.6. The molecule has 7 rings (SSSR count). The third-order valence-corrected chi connectivity index (χ3v) is 9.84. The third kappa shape index (κ3) is 4.43. The van der Waals surface area contributed by atoms with Crippen molar-refractivity contribution in [2.24, 2.45) is 17.9 Å². The molecule has 2 heterocycles. The molecule has 0 spiro atoms. The third-order valence-electron chi connectivity index (χ3n) is 8.65. The van der Waals surface area contributed by atoms with Gasteiger partial charge in [0, 0.05) is 21.2 Å². The molecule has 0 N–H and O–H groups in total. The molecule has 1 aliphatic rings. The Morgan fingerprint density at radius 1 is 0.683 bits per heavy atom. The fourth-order valence-electron chi connectivity index (χ4n) is 6.99. The zero-order chi connectivity index (χ0) is 28.8. The molecular weight excluding hydrogens is 515 g/mol. The molecule has 0 aliphatic carbocycles. The van der Waals surface area contributed by atoms with Crippen LogP contribution in [-0.4, -0.2) is 0 Å². The van der Waals surface area contributed by atoms with Crippen LogP contribution in [0.15, 0.2) is 82.7 Å². The van der Waals surface area contributed by atoms with Crippen molar-refractivity contribution >= 4 is 54.9 Å². The quantitative estimate of drug-likeness (QED) is 0.117. The first kappa shape index (κ1) is 26.5. The Balaban J connectivity index is 1.60. The van der Waals surface area contributed by atoms with Crippen molar-refractivity contribution in [1.82, 2.24) is 0 Å². The molecule has 0 atom stereocenters. The van der Waals surface area contributed by atoms with Crippen LogP contribution in [0.5, 0.6) is 0 Å². The minimum absolute atomic E-state index is 0.170. The molecule has 1 aromatic heterocycles. The van der Waals surface area contributed by atoms with Gasteiger partial charge < -0.3 is 0 Å². The fourth-order valence-corrected chi connectivity index (χ4v) is 8.37. The Morgan fingerprint density at radius 3 is 2.05 bits per heavy atom. The van der Waals surface area contributed by atoms with Crippen LogP contribution in [0.2, 0.25) is 0 Å². The highest BCUT2D eigenvalue weighted by atomic mass is 32.2. The van der Waals surface area contributed by atoms with Crippen LogP contribution in [0.1, 0.15) is 58.2 Å². The van der Waals surface area contributed by atoms with Crippen LogP contribution < -0.4 is 4.57 Å². The molecule has 0 amide bonds. The first-order valence-corrected chi connectivity index (χ1v) is 15.7. The predicted molar refractivity (Wildman–Crippen MR) is 178 cm³/mol. The zero-order valence-electron chi connectivity index (χ0n) is 25.7. The highest BCUT2D eigenvalue weighted by Gasteiger charge is 2.33. The van der Waals surface area contributed by atoms with Gasteiger partial charge in [-0.2, -0.15) is 0 Å². The van der Waals surface area contributed by atoms with E-state index in [9.17, 15) is 0 Å². The molecule has 2 heteroatoms. The van der Waals surface area contributed by atoms with Crippen LogP contribution in [-0.2, 0) is 19.9 Å². The number of aryl methyl sites for hydroxylation is 2. The monoisotopic (exact) mass is 554 g/mol. The van der Waals surface area contributed by atoms with E-state index in [0.717, 1.165) is 12.8 Å². The lowest BCUT2D eigenvalue weighted by Crippen LogP contribution is -2.32. The van der Waals surface area contributed by atoms with Gasteiger partial charge >= 0.3 is 0 Å². The largest absolute Gasteiger partial charge is 0.222 e. The highest BCUT2D eigenvalue weighted by Crippen LogP contribution is 2.53. The summed E-state index contributed by atoms with van der Waals surface area (Å²) in [6.07, 6.45) is 4.40. The van der Waals surface area contributed by atoms with E-state index in [4.69, 9.17) is 0 Å². The average molecular weight is 555 g/mol. The van der Waals surface area contributed by atoms with E-state index in [1.165, 1.54) is 80.8 Å². The molecule has 0 saturated carbocycles. The number of aromatic nitrogens is 1. The van der Waals surface area contributed by atoms with Crippen molar-refractivity contribution in [3.63, 3.8) is 0 Å². The maximum absolute atomic E-state index is 2.45. The fraction of sp³-hybridized carbons (Fsp3) is 0.308. The Labute approximate surface area is 248 Å². The van der Waals surface area contributed by atoms with Gasteiger partial charge in [0.1, 0.15) is 7.05 Å². The minimum atomic E-state index is 0.170. The average Bonchev–Trinajstić information content (AvgIpc) is 2.90. The van der Waals surface area contributed by atoms with Crippen molar-refractivity contribution in [1.29, 1.82) is 0 Å². The number of fused-ring (bicyclic) bond motifs is 6. The van der Waals surface area contributed by atoms with E-state index in [0.29, 0.717) is 0 Å². The van der Waals surface area contributed by atoms with Crippen molar-refractivity contribution in [3.8, 4) is 11.3 Å². The van der Waals surface area contributed by atoms with Crippen LogP contribution >= 0.6 is 11.8 Å². The summed E-state index contributed by atoms with van der Waals surface area (Å²) in [4.78, 5) is 2.82. The lowest BCUT2D eigenvalue weighted by atomic mass is 9.82. The number of nitrogens with zero attached hydrogens (tertiary/aromatic N) is 1. The lowest BCUT2D eigenvalue weighted by Gasteiger charge is -2.28. The Kier molecular flexibility index (Phi) is 5.87. The molecule has 0 radical (unpaired) electrons. The molecule has 0 fully saturated rings. The molecule has 6 aromatic rings. The summed E-state index contributed by atoms with van der Waals surface area (Å²) in [7, 11) is 2.23. The number of pyridine rings is 1. The molecule has 5 aromatic carbocycles. The van der Waals surface area contributed by atoms with Gasteiger partial charge in [0.2, 0.25) is 5.69 Å².